The molecule has 14 heteroatoms. The van der Waals surface area contributed by atoms with Crippen molar-refractivity contribution in [2.45, 2.75) is 111 Å². The molecule has 2 aromatic heterocycles. The highest BCUT2D eigenvalue weighted by atomic mass is 16.6. The lowest BCUT2D eigenvalue weighted by Crippen LogP contribution is -2.53. The minimum absolute atomic E-state index is 0.0354. The van der Waals surface area contributed by atoms with Crippen LogP contribution in [0.1, 0.15) is 111 Å². The van der Waals surface area contributed by atoms with Gasteiger partial charge in [-0.25, -0.2) is 19.6 Å². The molecular weight excluding hydrogens is 761 g/mol. The Labute approximate surface area is 353 Å². The number of H-pyrrole nitrogens is 2. The van der Waals surface area contributed by atoms with E-state index in [0.717, 1.165) is 83.8 Å². The Hall–Kier alpha value is -5.66. The standard InChI is InChI=1S/C46H62N8O6/c1-9-28(3)34(25-49-44(57)58)42(55)53-23-11-13-37(53)40-47-26-35(50-40)32-19-15-30(16-20-32)31-17-21-33(22-18-31)36-27-48-41(51-36)38-14-12-24-54(38)43(56)39(29(4)10-2)52(8)45(59)60-46(5,6)7/h15-22,26-29,34,37-39,49H,9-14,23-25H2,1-8H3,(H,47,50)(H,48,51)(H,57,58)/t28-,29-,34-,37+,38+,39+/m1/s1. The summed E-state index contributed by atoms with van der Waals surface area (Å²) in [7, 11) is 1.65. The Morgan fingerprint density at radius 3 is 1.97 bits per heavy atom. The summed E-state index contributed by atoms with van der Waals surface area (Å²) in [6, 6.07) is 15.5. The molecule has 6 rings (SSSR count). The monoisotopic (exact) mass is 822 g/mol. The molecule has 2 saturated heterocycles. The Morgan fingerprint density at radius 2 is 1.40 bits per heavy atom. The Morgan fingerprint density at radius 1 is 0.850 bits per heavy atom. The average Bonchev–Trinajstić information content (AvgIpc) is 4.07. The largest absolute Gasteiger partial charge is 0.465 e. The molecule has 0 bridgehead atoms. The van der Waals surface area contributed by atoms with Gasteiger partial charge in [0.25, 0.3) is 0 Å². The maximum Gasteiger partial charge on any atom is 0.410 e. The first kappa shape index (κ1) is 43.9. The molecule has 322 valence electrons. The van der Waals surface area contributed by atoms with Crippen LogP contribution in [0.25, 0.3) is 33.6 Å². The predicted octanol–water partition coefficient (Wildman–Crippen LogP) is 8.67. The summed E-state index contributed by atoms with van der Waals surface area (Å²) in [6.45, 7) is 14.8. The quantitative estimate of drug-likeness (QED) is 0.0977. The van der Waals surface area contributed by atoms with Gasteiger partial charge in [0.05, 0.1) is 35.6 Å². The van der Waals surface area contributed by atoms with Crippen LogP contribution in [-0.4, -0.2) is 102 Å². The Kier molecular flexibility index (Phi) is 13.7. The lowest BCUT2D eigenvalue weighted by molar-refractivity contribution is -0.139. The van der Waals surface area contributed by atoms with Crippen LogP contribution in [0.5, 0.6) is 0 Å². The number of carboxylic acid groups (broad SMARTS) is 1. The zero-order valence-electron chi connectivity index (χ0n) is 36.3. The minimum Gasteiger partial charge on any atom is -0.465 e. The van der Waals surface area contributed by atoms with Gasteiger partial charge < -0.3 is 34.9 Å². The number of aromatic nitrogens is 4. The zero-order valence-corrected chi connectivity index (χ0v) is 36.3. The maximum atomic E-state index is 14.2. The van der Waals surface area contributed by atoms with Gasteiger partial charge in [-0.3, -0.25) is 14.5 Å². The highest BCUT2D eigenvalue weighted by molar-refractivity contribution is 5.86. The van der Waals surface area contributed by atoms with Gasteiger partial charge in [-0.15, -0.1) is 0 Å². The lowest BCUT2D eigenvalue weighted by Gasteiger charge is -2.36. The van der Waals surface area contributed by atoms with Crippen molar-refractivity contribution < 1.29 is 29.0 Å². The first-order valence-electron chi connectivity index (χ1n) is 21.4. The third-order valence-electron chi connectivity index (χ3n) is 12.3. The second-order valence-corrected chi connectivity index (χ2v) is 17.5. The number of hydrogen-bond donors (Lipinski definition) is 4. The van der Waals surface area contributed by atoms with E-state index < -0.39 is 29.7 Å². The molecule has 6 atom stereocenters. The molecule has 2 aliphatic rings. The van der Waals surface area contributed by atoms with E-state index in [2.05, 4.69) is 51.7 Å². The van der Waals surface area contributed by atoms with Gasteiger partial charge in [0.15, 0.2) is 0 Å². The number of rotatable bonds is 14. The molecule has 60 heavy (non-hydrogen) atoms. The smallest absolute Gasteiger partial charge is 0.410 e. The van der Waals surface area contributed by atoms with Gasteiger partial charge in [-0.05, 0) is 75.0 Å². The van der Waals surface area contributed by atoms with E-state index in [0.29, 0.717) is 13.1 Å². The summed E-state index contributed by atoms with van der Waals surface area (Å²) in [6.07, 6.45) is 6.85. The normalized spacial score (nSPS) is 18.8. The number of hydrogen-bond acceptors (Lipinski definition) is 7. The van der Waals surface area contributed by atoms with Crippen LogP contribution in [0.4, 0.5) is 9.59 Å². The lowest BCUT2D eigenvalue weighted by atomic mass is 9.90. The SMILES string of the molecule is CC[C@@H](C)[C@@H](C(=O)N1CCC[C@H]1c1ncc(-c2ccc(-c3ccc(-c4c[nH]c([C@@H]5CCCN5C(=O)[C@H](CNC(=O)O)[C@H](C)CC)n4)cc3)cc2)[nH]1)N(C)C(=O)OC(C)(C)C. The third-order valence-corrected chi connectivity index (χ3v) is 12.3. The number of likely N-dealkylation sites (tertiary alicyclic amines) is 2. The molecule has 0 saturated carbocycles. The molecule has 14 nitrogen and oxygen atoms in total. The average molecular weight is 823 g/mol. The van der Waals surface area contributed by atoms with E-state index in [-0.39, 0.29) is 42.3 Å². The van der Waals surface area contributed by atoms with Crippen molar-refractivity contribution in [1.29, 1.82) is 0 Å². The molecule has 2 aliphatic heterocycles. The van der Waals surface area contributed by atoms with Crippen LogP contribution >= 0.6 is 0 Å². The fraction of sp³-hybridized carbons (Fsp3) is 0.522. The number of benzene rings is 2. The number of nitrogens with zero attached hydrogens (tertiary/aromatic N) is 5. The number of amides is 4. The Balaban J connectivity index is 1.11. The van der Waals surface area contributed by atoms with Crippen LogP contribution in [0, 0.1) is 17.8 Å². The van der Waals surface area contributed by atoms with Gasteiger partial charge in [0.1, 0.15) is 23.3 Å². The number of imidazole rings is 2. The summed E-state index contributed by atoms with van der Waals surface area (Å²) in [5, 5.41) is 11.6. The fourth-order valence-electron chi connectivity index (χ4n) is 8.47. The summed E-state index contributed by atoms with van der Waals surface area (Å²) < 4.78 is 5.63. The topological polar surface area (TPSA) is 177 Å². The van der Waals surface area contributed by atoms with Crippen LogP contribution in [0.3, 0.4) is 0 Å². The molecule has 4 N–H and O–H groups in total. The predicted molar refractivity (Wildman–Crippen MR) is 231 cm³/mol. The number of aromatic amines is 2. The summed E-state index contributed by atoms with van der Waals surface area (Å²) in [5.41, 5.74) is 5.02. The van der Waals surface area contributed by atoms with Crippen molar-refractivity contribution in [3.63, 3.8) is 0 Å². The van der Waals surface area contributed by atoms with Crippen molar-refractivity contribution in [2.24, 2.45) is 17.8 Å². The maximum absolute atomic E-state index is 14.2. The van der Waals surface area contributed by atoms with E-state index in [9.17, 15) is 24.3 Å². The van der Waals surface area contributed by atoms with Crippen LogP contribution in [0.2, 0.25) is 0 Å². The molecular formula is C46H62N8O6. The van der Waals surface area contributed by atoms with Gasteiger partial charge in [-0.1, -0.05) is 89.1 Å². The summed E-state index contributed by atoms with van der Waals surface area (Å²) in [4.78, 5) is 73.8. The molecule has 2 aromatic carbocycles. The first-order chi connectivity index (χ1) is 28.6. The van der Waals surface area contributed by atoms with Gasteiger partial charge in [0.2, 0.25) is 11.8 Å². The molecule has 0 aliphatic carbocycles. The van der Waals surface area contributed by atoms with E-state index in [4.69, 9.17) is 14.7 Å². The van der Waals surface area contributed by atoms with Crippen molar-refractivity contribution in [3.05, 3.63) is 72.6 Å². The molecule has 4 amide bonds. The summed E-state index contributed by atoms with van der Waals surface area (Å²) >= 11 is 0. The second-order valence-electron chi connectivity index (χ2n) is 17.5. The van der Waals surface area contributed by atoms with E-state index in [1.165, 1.54) is 4.90 Å². The summed E-state index contributed by atoms with van der Waals surface area (Å²) in [5.74, 6) is 0.880. The van der Waals surface area contributed by atoms with E-state index >= 15 is 0 Å². The molecule has 0 spiro atoms. The number of likely N-dealkylation sites (N-methyl/N-ethyl adjacent to an activating group) is 1. The van der Waals surface area contributed by atoms with Gasteiger partial charge >= 0.3 is 12.2 Å². The highest BCUT2D eigenvalue weighted by Gasteiger charge is 2.41. The first-order valence-corrected chi connectivity index (χ1v) is 21.4. The van der Waals surface area contributed by atoms with Gasteiger partial charge in [-0.2, -0.15) is 0 Å². The third kappa shape index (κ3) is 9.85. The highest BCUT2D eigenvalue weighted by Crippen LogP contribution is 2.36. The number of ether oxygens (including phenoxy) is 1. The van der Waals surface area contributed by atoms with E-state index in [1.54, 1.807) is 7.05 Å². The molecule has 4 aromatic rings. The molecule has 2 fully saturated rings. The van der Waals surface area contributed by atoms with Crippen molar-refractivity contribution >= 4 is 24.0 Å². The Bertz CT molecular complexity index is 2100. The van der Waals surface area contributed by atoms with Crippen LogP contribution < -0.4 is 5.32 Å². The van der Waals surface area contributed by atoms with E-state index in [1.807, 2.05) is 82.8 Å². The number of nitrogens with one attached hydrogen (secondary N) is 3. The van der Waals surface area contributed by atoms with Gasteiger partial charge in [0, 0.05) is 38.4 Å². The van der Waals surface area contributed by atoms with Crippen LogP contribution in [0.15, 0.2) is 60.9 Å². The molecule has 0 radical (unpaired) electrons. The zero-order chi connectivity index (χ0) is 43.3. The van der Waals surface area contributed by atoms with Crippen LogP contribution in [-0.2, 0) is 14.3 Å². The minimum atomic E-state index is -1.13. The molecule has 4 heterocycles. The van der Waals surface area contributed by atoms with Crippen molar-refractivity contribution in [3.8, 4) is 33.6 Å². The number of carbonyl (C=O) groups is 4. The molecule has 0 unspecified atom stereocenters. The fourth-order valence-corrected chi connectivity index (χ4v) is 8.47. The second kappa shape index (κ2) is 18.7. The number of carbonyl (C=O) groups excluding carboxylic acids is 3. The van der Waals surface area contributed by atoms with Crippen molar-refractivity contribution in [1.82, 2.24) is 40.0 Å². The van der Waals surface area contributed by atoms with Crippen molar-refractivity contribution in [2.75, 3.05) is 26.7 Å².